The number of benzene rings is 1. The molecule has 1 aliphatic rings. The third-order valence-corrected chi connectivity index (χ3v) is 6.94. The number of fused-ring (bicyclic) bond motifs is 1. The standard InChI is InChI=1S/C22H25ClN4O4S/c1-25-19-18(20(29)26(2)22(25)30)27(12-14-8-10-15(23)11-9-14)21(24-19)32-13-17(28)31-16-6-4-3-5-7-16/h8-11,16H,3-7,12-13H2,1-2H3. The minimum atomic E-state index is -0.452. The molecular weight excluding hydrogens is 452 g/mol. The summed E-state index contributed by atoms with van der Waals surface area (Å²) in [5, 5.41) is 1.09. The van der Waals surface area contributed by atoms with Crippen molar-refractivity contribution in [3.05, 3.63) is 55.7 Å². The molecule has 0 bridgehead atoms. The van der Waals surface area contributed by atoms with Crippen molar-refractivity contribution in [2.75, 3.05) is 5.75 Å². The van der Waals surface area contributed by atoms with Crippen LogP contribution in [0.5, 0.6) is 0 Å². The molecule has 0 N–H and O–H groups in total. The lowest BCUT2D eigenvalue weighted by molar-refractivity contribution is -0.147. The van der Waals surface area contributed by atoms with Crippen LogP contribution in [0.3, 0.4) is 0 Å². The van der Waals surface area contributed by atoms with E-state index in [0.717, 1.165) is 35.8 Å². The third kappa shape index (κ3) is 4.63. The Balaban J connectivity index is 1.67. The zero-order valence-electron chi connectivity index (χ0n) is 18.0. The summed E-state index contributed by atoms with van der Waals surface area (Å²) >= 11 is 7.21. The molecule has 1 aromatic carbocycles. The molecule has 0 spiro atoms. The summed E-state index contributed by atoms with van der Waals surface area (Å²) in [4.78, 5) is 42.3. The number of esters is 1. The minimum Gasteiger partial charge on any atom is -0.462 e. The van der Waals surface area contributed by atoms with Crippen LogP contribution in [0.25, 0.3) is 11.2 Å². The summed E-state index contributed by atoms with van der Waals surface area (Å²) in [5.41, 5.74) is 0.632. The fourth-order valence-corrected chi connectivity index (χ4v) is 4.89. The predicted octanol–water partition coefficient (Wildman–Crippen LogP) is 3.10. The van der Waals surface area contributed by atoms with Crippen LogP contribution in [0.4, 0.5) is 0 Å². The van der Waals surface area contributed by atoms with Gasteiger partial charge in [0.2, 0.25) is 0 Å². The van der Waals surface area contributed by atoms with E-state index in [-0.39, 0.29) is 23.5 Å². The molecule has 0 atom stereocenters. The number of aryl methyl sites for hydroxylation is 1. The van der Waals surface area contributed by atoms with Gasteiger partial charge in [0, 0.05) is 19.1 Å². The number of hydrogen-bond donors (Lipinski definition) is 0. The molecule has 0 unspecified atom stereocenters. The highest BCUT2D eigenvalue weighted by molar-refractivity contribution is 7.99. The first-order chi connectivity index (χ1) is 15.3. The van der Waals surface area contributed by atoms with Crippen LogP contribution in [-0.2, 0) is 30.2 Å². The van der Waals surface area contributed by atoms with Crippen LogP contribution >= 0.6 is 23.4 Å². The second kappa shape index (κ2) is 9.54. The van der Waals surface area contributed by atoms with Gasteiger partial charge in [-0.2, -0.15) is 0 Å². The molecule has 0 radical (unpaired) electrons. The molecule has 2 aromatic heterocycles. The van der Waals surface area contributed by atoms with E-state index in [1.165, 1.54) is 29.8 Å². The molecule has 32 heavy (non-hydrogen) atoms. The molecule has 8 nitrogen and oxygen atoms in total. The summed E-state index contributed by atoms with van der Waals surface area (Å²) in [6.07, 6.45) is 5.15. The van der Waals surface area contributed by atoms with E-state index in [4.69, 9.17) is 16.3 Å². The van der Waals surface area contributed by atoms with Crippen molar-refractivity contribution in [1.29, 1.82) is 0 Å². The Morgan fingerprint density at radius 3 is 2.50 bits per heavy atom. The highest BCUT2D eigenvalue weighted by Gasteiger charge is 2.22. The van der Waals surface area contributed by atoms with Crippen molar-refractivity contribution in [2.24, 2.45) is 14.1 Å². The zero-order valence-corrected chi connectivity index (χ0v) is 19.6. The van der Waals surface area contributed by atoms with E-state index in [2.05, 4.69) is 4.98 Å². The third-order valence-electron chi connectivity index (χ3n) is 5.74. The first-order valence-electron chi connectivity index (χ1n) is 10.6. The number of aromatic nitrogens is 4. The van der Waals surface area contributed by atoms with Crippen molar-refractivity contribution in [3.63, 3.8) is 0 Å². The topological polar surface area (TPSA) is 88.1 Å². The molecular formula is C22H25ClN4O4S. The smallest absolute Gasteiger partial charge is 0.332 e. The number of carbonyl (C=O) groups is 1. The van der Waals surface area contributed by atoms with E-state index < -0.39 is 11.2 Å². The largest absolute Gasteiger partial charge is 0.462 e. The number of halogens is 1. The quantitative estimate of drug-likeness (QED) is 0.401. The number of hydrogen-bond acceptors (Lipinski definition) is 6. The average Bonchev–Trinajstić information content (AvgIpc) is 3.15. The number of thioether (sulfide) groups is 1. The van der Waals surface area contributed by atoms with E-state index in [1.807, 2.05) is 12.1 Å². The van der Waals surface area contributed by atoms with E-state index in [9.17, 15) is 14.4 Å². The normalized spacial score (nSPS) is 14.7. The van der Waals surface area contributed by atoms with Gasteiger partial charge in [-0.15, -0.1) is 0 Å². The zero-order chi connectivity index (χ0) is 22.8. The molecule has 10 heteroatoms. The van der Waals surface area contributed by atoms with Gasteiger partial charge in [-0.3, -0.25) is 18.7 Å². The molecule has 1 fully saturated rings. The van der Waals surface area contributed by atoms with Gasteiger partial charge in [0.05, 0.1) is 12.3 Å². The van der Waals surface area contributed by atoms with E-state index >= 15 is 0 Å². The Morgan fingerprint density at radius 1 is 1.12 bits per heavy atom. The maximum absolute atomic E-state index is 12.9. The second-order valence-corrected chi connectivity index (χ2v) is 9.40. The molecule has 170 valence electrons. The predicted molar refractivity (Wildman–Crippen MR) is 124 cm³/mol. The number of nitrogens with zero attached hydrogens (tertiary/aromatic N) is 4. The Labute approximate surface area is 194 Å². The molecule has 2 heterocycles. The van der Waals surface area contributed by atoms with Gasteiger partial charge in [0.15, 0.2) is 16.3 Å². The van der Waals surface area contributed by atoms with Crippen LogP contribution in [0.2, 0.25) is 5.02 Å². The van der Waals surface area contributed by atoms with Crippen molar-refractivity contribution in [3.8, 4) is 0 Å². The van der Waals surface area contributed by atoms with Gasteiger partial charge < -0.3 is 9.30 Å². The number of carbonyl (C=O) groups excluding carboxylic acids is 1. The first kappa shape index (κ1) is 22.7. The highest BCUT2D eigenvalue weighted by Crippen LogP contribution is 2.25. The minimum absolute atomic E-state index is 0.0159. The van der Waals surface area contributed by atoms with Crippen LogP contribution < -0.4 is 11.2 Å². The van der Waals surface area contributed by atoms with Crippen LogP contribution in [0.15, 0.2) is 39.0 Å². The monoisotopic (exact) mass is 476 g/mol. The lowest BCUT2D eigenvalue weighted by Gasteiger charge is -2.21. The summed E-state index contributed by atoms with van der Waals surface area (Å²) in [6, 6.07) is 7.29. The lowest BCUT2D eigenvalue weighted by atomic mass is 9.98. The number of imidazole rings is 1. The molecule has 4 rings (SSSR count). The van der Waals surface area contributed by atoms with Crippen molar-refractivity contribution in [1.82, 2.24) is 18.7 Å². The molecule has 3 aromatic rings. The first-order valence-corrected chi connectivity index (χ1v) is 11.9. The van der Waals surface area contributed by atoms with Crippen molar-refractivity contribution in [2.45, 2.75) is 49.9 Å². The molecule has 1 saturated carbocycles. The maximum atomic E-state index is 12.9. The number of rotatable bonds is 6. The molecule has 0 amide bonds. The van der Waals surface area contributed by atoms with Crippen LogP contribution in [-0.4, -0.2) is 36.5 Å². The van der Waals surface area contributed by atoms with Crippen LogP contribution in [0, 0.1) is 0 Å². The van der Waals surface area contributed by atoms with Gasteiger partial charge >= 0.3 is 11.7 Å². The van der Waals surface area contributed by atoms with Crippen LogP contribution in [0.1, 0.15) is 37.7 Å². The van der Waals surface area contributed by atoms with E-state index in [0.29, 0.717) is 22.2 Å². The van der Waals surface area contributed by atoms with Crippen molar-refractivity contribution < 1.29 is 9.53 Å². The number of ether oxygens (including phenoxy) is 1. The second-order valence-electron chi connectivity index (χ2n) is 8.02. The Bertz CT molecular complexity index is 1260. The average molecular weight is 477 g/mol. The summed E-state index contributed by atoms with van der Waals surface area (Å²) in [7, 11) is 3.02. The molecule has 0 saturated heterocycles. The van der Waals surface area contributed by atoms with Gasteiger partial charge in [0.25, 0.3) is 5.56 Å². The Kier molecular flexibility index (Phi) is 6.76. The summed E-state index contributed by atoms with van der Waals surface area (Å²) < 4.78 is 9.77. The SMILES string of the molecule is Cn1c(=O)c2c(nc(SCC(=O)OC3CCCCC3)n2Cc2ccc(Cl)cc2)n(C)c1=O. The summed E-state index contributed by atoms with van der Waals surface area (Å²) in [6.45, 7) is 0.348. The van der Waals surface area contributed by atoms with E-state index in [1.54, 1.807) is 23.7 Å². The van der Waals surface area contributed by atoms with Gasteiger partial charge in [-0.1, -0.05) is 41.9 Å². The highest BCUT2D eigenvalue weighted by atomic mass is 35.5. The Hall–Kier alpha value is -2.52. The summed E-state index contributed by atoms with van der Waals surface area (Å²) in [5.74, 6) is -0.219. The lowest BCUT2D eigenvalue weighted by Crippen LogP contribution is -2.37. The molecule has 0 aliphatic heterocycles. The van der Waals surface area contributed by atoms with Gasteiger partial charge in [0.1, 0.15) is 6.10 Å². The fraction of sp³-hybridized carbons (Fsp3) is 0.455. The van der Waals surface area contributed by atoms with Crippen molar-refractivity contribution >= 4 is 40.5 Å². The van der Waals surface area contributed by atoms with Gasteiger partial charge in [-0.25, -0.2) is 9.78 Å². The van der Waals surface area contributed by atoms with Gasteiger partial charge in [-0.05, 0) is 43.4 Å². The maximum Gasteiger partial charge on any atom is 0.332 e. The molecule has 1 aliphatic carbocycles. The fourth-order valence-electron chi connectivity index (χ4n) is 3.98. The Morgan fingerprint density at radius 2 is 1.81 bits per heavy atom.